The predicted octanol–water partition coefficient (Wildman–Crippen LogP) is 2.76. The third-order valence-electron chi connectivity index (χ3n) is 2.51. The molecule has 2 rings (SSSR count). The summed E-state index contributed by atoms with van der Waals surface area (Å²) in [6.45, 7) is 0.165. The lowest BCUT2D eigenvalue weighted by molar-refractivity contribution is 0.601. The molecule has 0 saturated carbocycles. The standard InChI is InChI=1S/C12H11BrClN3O2S/c13-9-1-4-12(16-7-9)17-20(18,19)10-2-3-11(14)8(5-10)6-15/h1-5,7H,6,15H2,(H,16,17). The fraction of sp³-hybridized carbons (Fsp3) is 0.0833. The summed E-state index contributed by atoms with van der Waals surface area (Å²) in [5, 5.41) is 0.438. The van der Waals surface area contributed by atoms with Gasteiger partial charge >= 0.3 is 0 Å². The number of halogens is 2. The van der Waals surface area contributed by atoms with Gasteiger partial charge in [0.1, 0.15) is 5.82 Å². The van der Waals surface area contributed by atoms with E-state index in [-0.39, 0.29) is 17.3 Å². The van der Waals surface area contributed by atoms with Crippen LogP contribution in [0.25, 0.3) is 0 Å². The molecular formula is C12H11BrClN3O2S. The molecule has 106 valence electrons. The van der Waals surface area contributed by atoms with Crippen LogP contribution >= 0.6 is 27.5 Å². The van der Waals surface area contributed by atoms with Crippen molar-refractivity contribution >= 4 is 43.4 Å². The van der Waals surface area contributed by atoms with E-state index in [1.165, 1.54) is 24.4 Å². The maximum atomic E-state index is 12.2. The Labute approximate surface area is 130 Å². The highest BCUT2D eigenvalue weighted by Gasteiger charge is 2.16. The van der Waals surface area contributed by atoms with Gasteiger partial charge in [-0.05, 0) is 51.8 Å². The van der Waals surface area contributed by atoms with Gasteiger partial charge < -0.3 is 5.73 Å². The molecule has 1 aromatic heterocycles. The van der Waals surface area contributed by atoms with Crippen LogP contribution in [0.1, 0.15) is 5.56 Å². The Morgan fingerprint density at radius 1 is 1.30 bits per heavy atom. The minimum atomic E-state index is -3.72. The smallest absolute Gasteiger partial charge is 0.263 e. The Bertz CT molecular complexity index is 720. The number of benzene rings is 1. The Morgan fingerprint density at radius 3 is 2.65 bits per heavy atom. The van der Waals surface area contributed by atoms with Crippen molar-refractivity contribution < 1.29 is 8.42 Å². The molecule has 20 heavy (non-hydrogen) atoms. The first kappa shape index (κ1) is 15.2. The first-order chi connectivity index (χ1) is 9.42. The molecule has 0 amide bonds. The highest BCUT2D eigenvalue weighted by Crippen LogP contribution is 2.22. The van der Waals surface area contributed by atoms with E-state index < -0.39 is 10.0 Å². The molecule has 0 bridgehead atoms. The molecule has 3 N–H and O–H groups in total. The summed E-state index contributed by atoms with van der Waals surface area (Å²) in [5.41, 5.74) is 6.08. The molecule has 0 saturated heterocycles. The van der Waals surface area contributed by atoms with Crippen LogP contribution in [-0.2, 0) is 16.6 Å². The highest BCUT2D eigenvalue weighted by atomic mass is 79.9. The number of hydrogen-bond donors (Lipinski definition) is 2. The summed E-state index contributed by atoms with van der Waals surface area (Å²) in [6.07, 6.45) is 1.50. The molecule has 0 atom stereocenters. The van der Waals surface area contributed by atoms with Crippen LogP contribution in [0.3, 0.4) is 0 Å². The molecule has 8 heteroatoms. The second-order valence-electron chi connectivity index (χ2n) is 3.92. The third kappa shape index (κ3) is 3.49. The fourth-order valence-corrected chi connectivity index (χ4v) is 3.00. The number of sulfonamides is 1. The molecule has 0 unspecified atom stereocenters. The summed E-state index contributed by atoms with van der Waals surface area (Å²) in [5.74, 6) is 0.234. The molecule has 5 nitrogen and oxygen atoms in total. The lowest BCUT2D eigenvalue weighted by Gasteiger charge is -2.09. The van der Waals surface area contributed by atoms with Crippen molar-refractivity contribution in [2.45, 2.75) is 11.4 Å². The van der Waals surface area contributed by atoms with E-state index in [9.17, 15) is 8.42 Å². The minimum Gasteiger partial charge on any atom is -0.326 e. The average molecular weight is 377 g/mol. The van der Waals surface area contributed by atoms with Crippen molar-refractivity contribution in [3.05, 3.63) is 51.6 Å². The number of nitrogens with one attached hydrogen (secondary N) is 1. The van der Waals surface area contributed by atoms with Gasteiger partial charge in [0, 0.05) is 22.2 Å². The zero-order chi connectivity index (χ0) is 14.8. The average Bonchev–Trinajstić information content (AvgIpc) is 2.41. The molecule has 0 radical (unpaired) electrons. The number of nitrogens with zero attached hydrogens (tertiary/aromatic N) is 1. The lowest BCUT2D eigenvalue weighted by atomic mass is 10.2. The lowest BCUT2D eigenvalue weighted by Crippen LogP contribution is -2.14. The van der Waals surface area contributed by atoms with Gasteiger partial charge in [0.2, 0.25) is 0 Å². The van der Waals surface area contributed by atoms with Gasteiger partial charge in [0.05, 0.1) is 4.90 Å². The summed E-state index contributed by atoms with van der Waals surface area (Å²) >= 11 is 9.14. The predicted molar refractivity (Wildman–Crippen MR) is 82.1 cm³/mol. The SMILES string of the molecule is NCc1cc(S(=O)(=O)Nc2ccc(Br)cn2)ccc1Cl. The van der Waals surface area contributed by atoms with Crippen LogP contribution in [0, 0.1) is 0 Å². The fourth-order valence-electron chi connectivity index (χ4n) is 1.51. The van der Waals surface area contributed by atoms with E-state index in [1.807, 2.05) is 0 Å². The number of anilines is 1. The molecular weight excluding hydrogens is 366 g/mol. The quantitative estimate of drug-likeness (QED) is 0.859. The first-order valence-corrected chi connectivity index (χ1v) is 8.20. The maximum absolute atomic E-state index is 12.2. The van der Waals surface area contributed by atoms with Crippen LogP contribution in [0.5, 0.6) is 0 Å². The number of aromatic nitrogens is 1. The summed E-state index contributed by atoms with van der Waals surface area (Å²) < 4.78 is 27.6. The van der Waals surface area contributed by atoms with Gasteiger partial charge in [-0.15, -0.1) is 0 Å². The van der Waals surface area contributed by atoms with Gasteiger partial charge in [-0.2, -0.15) is 0 Å². The Morgan fingerprint density at radius 2 is 2.05 bits per heavy atom. The van der Waals surface area contributed by atoms with E-state index >= 15 is 0 Å². The van der Waals surface area contributed by atoms with Crippen molar-refractivity contribution in [1.82, 2.24) is 4.98 Å². The van der Waals surface area contributed by atoms with Crippen molar-refractivity contribution in [2.75, 3.05) is 4.72 Å². The largest absolute Gasteiger partial charge is 0.326 e. The molecule has 2 aromatic rings. The monoisotopic (exact) mass is 375 g/mol. The zero-order valence-corrected chi connectivity index (χ0v) is 13.3. The summed E-state index contributed by atoms with van der Waals surface area (Å²) in [7, 11) is -3.72. The highest BCUT2D eigenvalue weighted by molar-refractivity contribution is 9.10. The van der Waals surface area contributed by atoms with Crippen LogP contribution in [0.15, 0.2) is 45.9 Å². The molecule has 0 aliphatic rings. The molecule has 1 heterocycles. The van der Waals surface area contributed by atoms with Crippen LogP contribution in [-0.4, -0.2) is 13.4 Å². The van der Waals surface area contributed by atoms with Gasteiger partial charge in [0.15, 0.2) is 0 Å². The Kier molecular flexibility index (Phi) is 4.64. The maximum Gasteiger partial charge on any atom is 0.263 e. The van der Waals surface area contributed by atoms with E-state index in [0.717, 1.165) is 4.47 Å². The molecule has 0 aliphatic heterocycles. The number of pyridine rings is 1. The third-order valence-corrected chi connectivity index (χ3v) is 4.70. The van der Waals surface area contributed by atoms with E-state index in [2.05, 4.69) is 25.6 Å². The van der Waals surface area contributed by atoms with Crippen molar-refractivity contribution in [2.24, 2.45) is 5.73 Å². The number of rotatable bonds is 4. The Balaban J connectivity index is 2.33. The molecule has 1 aromatic carbocycles. The topological polar surface area (TPSA) is 85.1 Å². The van der Waals surface area contributed by atoms with Crippen molar-refractivity contribution in [3.8, 4) is 0 Å². The second-order valence-corrected chi connectivity index (χ2v) is 6.93. The van der Waals surface area contributed by atoms with Gasteiger partial charge in [-0.1, -0.05) is 11.6 Å². The molecule has 0 fully saturated rings. The van der Waals surface area contributed by atoms with Gasteiger partial charge in [0.25, 0.3) is 10.0 Å². The van der Waals surface area contributed by atoms with Gasteiger partial charge in [-0.3, -0.25) is 4.72 Å². The Hall–Kier alpha value is -1.15. The zero-order valence-electron chi connectivity index (χ0n) is 10.2. The molecule has 0 aliphatic carbocycles. The van der Waals surface area contributed by atoms with Crippen molar-refractivity contribution in [3.63, 3.8) is 0 Å². The molecule has 0 spiro atoms. The van der Waals surface area contributed by atoms with Crippen molar-refractivity contribution in [1.29, 1.82) is 0 Å². The van der Waals surface area contributed by atoms with Crippen LogP contribution < -0.4 is 10.5 Å². The number of nitrogens with two attached hydrogens (primary N) is 1. The van der Waals surface area contributed by atoms with E-state index in [0.29, 0.717) is 10.6 Å². The van der Waals surface area contributed by atoms with E-state index in [4.69, 9.17) is 17.3 Å². The second kappa shape index (κ2) is 6.09. The van der Waals surface area contributed by atoms with Crippen LogP contribution in [0.4, 0.5) is 5.82 Å². The number of hydrogen-bond acceptors (Lipinski definition) is 4. The van der Waals surface area contributed by atoms with Crippen LogP contribution in [0.2, 0.25) is 5.02 Å². The summed E-state index contributed by atoms with van der Waals surface area (Å²) in [4.78, 5) is 4.05. The summed E-state index contributed by atoms with van der Waals surface area (Å²) in [6, 6.07) is 7.62. The minimum absolute atomic E-state index is 0.0899. The first-order valence-electron chi connectivity index (χ1n) is 5.55. The van der Waals surface area contributed by atoms with Gasteiger partial charge in [-0.25, -0.2) is 13.4 Å². The normalized spacial score (nSPS) is 11.3. The van der Waals surface area contributed by atoms with E-state index in [1.54, 1.807) is 12.1 Å².